The Morgan fingerprint density at radius 2 is 1.97 bits per heavy atom. The van der Waals surface area contributed by atoms with Crippen LogP contribution in [-0.2, 0) is 0 Å². The van der Waals surface area contributed by atoms with Crippen LogP contribution in [0, 0.1) is 18.3 Å². The summed E-state index contributed by atoms with van der Waals surface area (Å²) in [4.78, 5) is 20.3. The van der Waals surface area contributed by atoms with Gasteiger partial charge < -0.3 is 4.98 Å². The molecule has 0 fully saturated rings. The standard InChI is InChI=1S/C22H13ClN6O/c1-11-12(10-24)3-2-4-14(11)20-15(9-16-19(30)5-6-25-22(16)26-20)13-7-17(23)21-18(8-13)27-29-28-21/h2-9H,1H3,(H,25,26,30)(H,27,28,29). The fourth-order valence-electron chi connectivity index (χ4n) is 3.60. The third-order valence-electron chi connectivity index (χ3n) is 5.14. The number of fused-ring (bicyclic) bond motifs is 2. The van der Waals surface area contributed by atoms with E-state index in [0.717, 1.165) is 16.7 Å². The second-order valence-electron chi connectivity index (χ2n) is 6.86. The van der Waals surface area contributed by atoms with Gasteiger partial charge in [0.15, 0.2) is 5.43 Å². The Morgan fingerprint density at radius 3 is 2.80 bits per heavy atom. The van der Waals surface area contributed by atoms with Crippen molar-refractivity contribution in [1.29, 1.82) is 5.26 Å². The molecular formula is C22H13ClN6O. The van der Waals surface area contributed by atoms with E-state index in [1.54, 1.807) is 24.4 Å². The summed E-state index contributed by atoms with van der Waals surface area (Å²) >= 11 is 6.43. The number of hydrogen-bond donors (Lipinski definition) is 2. The van der Waals surface area contributed by atoms with Crippen molar-refractivity contribution in [3.8, 4) is 28.5 Å². The largest absolute Gasteiger partial charge is 0.346 e. The van der Waals surface area contributed by atoms with E-state index < -0.39 is 0 Å². The van der Waals surface area contributed by atoms with Gasteiger partial charge in [0.1, 0.15) is 16.7 Å². The van der Waals surface area contributed by atoms with E-state index in [-0.39, 0.29) is 5.43 Å². The topological polar surface area (TPSA) is 111 Å². The average Bonchev–Trinajstić information content (AvgIpc) is 3.23. The molecule has 2 N–H and O–H groups in total. The minimum absolute atomic E-state index is 0.139. The van der Waals surface area contributed by atoms with Gasteiger partial charge in [0.05, 0.1) is 27.7 Å². The molecule has 0 spiro atoms. The number of aromatic amines is 2. The van der Waals surface area contributed by atoms with E-state index in [9.17, 15) is 10.1 Å². The van der Waals surface area contributed by atoms with E-state index >= 15 is 0 Å². The van der Waals surface area contributed by atoms with E-state index in [1.165, 1.54) is 6.07 Å². The van der Waals surface area contributed by atoms with Crippen LogP contribution in [0.1, 0.15) is 11.1 Å². The van der Waals surface area contributed by atoms with Crippen LogP contribution in [-0.4, -0.2) is 25.4 Å². The van der Waals surface area contributed by atoms with Crippen molar-refractivity contribution in [2.24, 2.45) is 0 Å². The summed E-state index contributed by atoms with van der Waals surface area (Å²) in [5.41, 5.74) is 5.76. The van der Waals surface area contributed by atoms with Crippen molar-refractivity contribution in [3.63, 3.8) is 0 Å². The maximum atomic E-state index is 12.5. The molecule has 5 aromatic rings. The van der Waals surface area contributed by atoms with Crippen LogP contribution in [0.3, 0.4) is 0 Å². The van der Waals surface area contributed by atoms with E-state index in [1.807, 2.05) is 25.1 Å². The number of halogens is 1. The lowest BCUT2D eigenvalue weighted by Gasteiger charge is -2.14. The maximum absolute atomic E-state index is 12.5. The molecule has 0 aliphatic carbocycles. The molecule has 30 heavy (non-hydrogen) atoms. The van der Waals surface area contributed by atoms with Crippen molar-refractivity contribution >= 4 is 33.7 Å². The smallest absolute Gasteiger partial charge is 0.191 e. The van der Waals surface area contributed by atoms with Gasteiger partial charge in [-0.1, -0.05) is 23.7 Å². The number of rotatable bonds is 2. The van der Waals surface area contributed by atoms with E-state index in [4.69, 9.17) is 16.6 Å². The van der Waals surface area contributed by atoms with Gasteiger partial charge in [-0.05, 0) is 42.3 Å². The van der Waals surface area contributed by atoms with Crippen LogP contribution < -0.4 is 5.43 Å². The van der Waals surface area contributed by atoms with Gasteiger partial charge in [0.2, 0.25) is 0 Å². The zero-order valence-electron chi connectivity index (χ0n) is 15.7. The van der Waals surface area contributed by atoms with Gasteiger partial charge in [-0.15, -0.1) is 0 Å². The molecule has 0 unspecified atom stereocenters. The molecule has 8 heteroatoms. The summed E-state index contributed by atoms with van der Waals surface area (Å²) in [6.45, 7) is 1.88. The second-order valence-corrected chi connectivity index (χ2v) is 7.27. The molecule has 0 amide bonds. The van der Waals surface area contributed by atoms with Crippen LogP contribution in [0.15, 0.2) is 53.5 Å². The summed E-state index contributed by atoms with van der Waals surface area (Å²) in [6, 6.07) is 14.6. The molecule has 144 valence electrons. The Hall–Kier alpha value is -4.02. The molecule has 2 aromatic carbocycles. The molecule has 0 saturated heterocycles. The number of pyridine rings is 2. The van der Waals surface area contributed by atoms with Crippen LogP contribution in [0.4, 0.5) is 0 Å². The van der Waals surface area contributed by atoms with Crippen LogP contribution in [0.5, 0.6) is 0 Å². The summed E-state index contributed by atoms with van der Waals surface area (Å²) in [5.74, 6) is 0. The zero-order chi connectivity index (χ0) is 20.8. The van der Waals surface area contributed by atoms with Gasteiger partial charge in [-0.2, -0.15) is 20.7 Å². The predicted molar refractivity (Wildman–Crippen MR) is 115 cm³/mol. The fraction of sp³-hybridized carbons (Fsp3) is 0.0455. The van der Waals surface area contributed by atoms with Crippen molar-refractivity contribution in [1.82, 2.24) is 25.4 Å². The Bertz CT molecular complexity index is 1560. The lowest BCUT2D eigenvalue weighted by atomic mass is 9.93. The second kappa shape index (κ2) is 6.79. The van der Waals surface area contributed by atoms with Crippen LogP contribution >= 0.6 is 11.6 Å². The van der Waals surface area contributed by atoms with Crippen LogP contribution in [0.25, 0.3) is 44.5 Å². The lowest BCUT2D eigenvalue weighted by Crippen LogP contribution is -2.04. The minimum atomic E-state index is -0.139. The van der Waals surface area contributed by atoms with E-state index in [0.29, 0.717) is 43.9 Å². The van der Waals surface area contributed by atoms with Gasteiger partial charge in [-0.3, -0.25) is 4.79 Å². The molecule has 3 heterocycles. The normalized spacial score (nSPS) is 11.1. The van der Waals surface area contributed by atoms with Crippen molar-refractivity contribution < 1.29 is 0 Å². The Labute approximate surface area is 175 Å². The molecule has 0 aliphatic heterocycles. The van der Waals surface area contributed by atoms with Crippen molar-refractivity contribution in [2.75, 3.05) is 0 Å². The molecule has 3 aromatic heterocycles. The summed E-state index contributed by atoms with van der Waals surface area (Å²) in [5, 5.41) is 21.1. The van der Waals surface area contributed by atoms with E-state index in [2.05, 4.69) is 26.5 Å². The monoisotopic (exact) mass is 412 g/mol. The highest BCUT2D eigenvalue weighted by Gasteiger charge is 2.18. The number of benzene rings is 2. The molecule has 0 atom stereocenters. The summed E-state index contributed by atoms with van der Waals surface area (Å²) < 4.78 is 0. The first-order chi connectivity index (χ1) is 14.6. The zero-order valence-corrected chi connectivity index (χ0v) is 16.4. The molecule has 0 radical (unpaired) electrons. The number of nitrogens with one attached hydrogen (secondary N) is 2. The highest BCUT2D eigenvalue weighted by Crippen LogP contribution is 2.37. The highest BCUT2D eigenvalue weighted by molar-refractivity contribution is 6.35. The highest BCUT2D eigenvalue weighted by atomic mass is 35.5. The third kappa shape index (κ3) is 2.74. The van der Waals surface area contributed by atoms with Crippen LogP contribution in [0.2, 0.25) is 5.02 Å². The first kappa shape index (κ1) is 18.0. The van der Waals surface area contributed by atoms with Crippen molar-refractivity contribution in [2.45, 2.75) is 6.92 Å². The Morgan fingerprint density at radius 1 is 1.10 bits per heavy atom. The SMILES string of the molecule is Cc1c(C#N)cccc1-c1nc2[nH]ccc(=O)c2cc1-c1cc(Cl)c2n[nH]nc2c1. The number of aromatic nitrogens is 5. The Kier molecular flexibility index (Phi) is 4.09. The molecule has 0 bridgehead atoms. The molecule has 5 rings (SSSR count). The minimum Gasteiger partial charge on any atom is -0.346 e. The first-order valence-corrected chi connectivity index (χ1v) is 9.47. The molecular weight excluding hydrogens is 400 g/mol. The number of nitriles is 1. The third-order valence-corrected chi connectivity index (χ3v) is 5.43. The summed E-state index contributed by atoms with van der Waals surface area (Å²) in [6.07, 6.45) is 1.57. The van der Waals surface area contributed by atoms with Gasteiger partial charge in [-0.25, -0.2) is 4.98 Å². The Balaban J connectivity index is 1.90. The lowest BCUT2D eigenvalue weighted by molar-refractivity contribution is 0.959. The van der Waals surface area contributed by atoms with Gasteiger partial charge in [0, 0.05) is 23.4 Å². The number of hydrogen-bond acceptors (Lipinski definition) is 5. The molecule has 7 nitrogen and oxygen atoms in total. The predicted octanol–water partition coefficient (Wildman–Crippen LogP) is 4.36. The average molecular weight is 413 g/mol. The molecule has 0 aliphatic rings. The quantitative estimate of drug-likeness (QED) is 0.447. The fourth-order valence-corrected chi connectivity index (χ4v) is 3.86. The van der Waals surface area contributed by atoms with Gasteiger partial charge >= 0.3 is 0 Å². The molecule has 0 saturated carbocycles. The number of nitrogens with zero attached hydrogens (tertiary/aromatic N) is 4. The number of H-pyrrole nitrogens is 2. The first-order valence-electron chi connectivity index (χ1n) is 9.10. The van der Waals surface area contributed by atoms with Crippen molar-refractivity contribution in [3.05, 3.63) is 75.0 Å². The maximum Gasteiger partial charge on any atom is 0.191 e. The van der Waals surface area contributed by atoms with Gasteiger partial charge in [0.25, 0.3) is 0 Å². The summed E-state index contributed by atoms with van der Waals surface area (Å²) in [7, 11) is 0.